The number of hydrogen-bond donors (Lipinski definition) is 0. The lowest BCUT2D eigenvalue weighted by Crippen LogP contribution is -2.42. The molecule has 1 saturated heterocycles. The fraction of sp³-hybridized carbons (Fsp3) is 0.480. The number of carbonyl (C=O) groups is 1. The molecule has 3 atom stereocenters. The largest absolute Gasteiger partial charge is 0.444 e. The van der Waals surface area contributed by atoms with Gasteiger partial charge in [0.1, 0.15) is 27.3 Å². The number of fused-ring (bicyclic) bond motifs is 4. The molecule has 0 radical (unpaired) electrons. The van der Waals surface area contributed by atoms with Crippen LogP contribution in [0.5, 0.6) is 0 Å². The van der Waals surface area contributed by atoms with E-state index in [4.69, 9.17) is 19.8 Å². The number of ether oxygens (including phenoxy) is 1. The highest BCUT2D eigenvalue weighted by Crippen LogP contribution is 2.50. The number of aromatic nitrogens is 5. The van der Waals surface area contributed by atoms with Gasteiger partial charge in [0.25, 0.3) is 0 Å². The van der Waals surface area contributed by atoms with Crippen molar-refractivity contribution < 1.29 is 9.53 Å². The summed E-state index contributed by atoms with van der Waals surface area (Å²) in [5, 5.41) is 4.71. The second-order valence-electron chi connectivity index (χ2n) is 10.6. The number of thiophene rings is 1. The van der Waals surface area contributed by atoms with E-state index in [0.29, 0.717) is 11.8 Å². The molecular weight excluding hydrogens is 448 g/mol. The summed E-state index contributed by atoms with van der Waals surface area (Å²) in [6, 6.07) is 4.46. The van der Waals surface area contributed by atoms with Gasteiger partial charge >= 0.3 is 6.09 Å². The predicted octanol–water partition coefficient (Wildman–Crippen LogP) is 5.13. The van der Waals surface area contributed by atoms with Crippen molar-refractivity contribution in [1.82, 2.24) is 29.5 Å². The van der Waals surface area contributed by atoms with Crippen LogP contribution in [0.4, 0.5) is 4.79 Å². The van der Waals surface area contributed by atoms with Crippen molar-refractivity contribution in [3.63, 3.8) is 0 Å². The van der Waals surface area contributed by atoms with E-state index in [0.717, 1.165) is 58.0 Å². The molecule has 176 valence electrons. The molecule has 1 saturated carbocycles. The maximum absolute atomic E-state index is 12.6. The Hall–Kier alpha value is -3.07. The van der Waals surface area contributed by atoms with E-state index < -0.39 is 5.60 Å². The van der Waals surface area contributed by atoms with Crippen LogP contribution in [0.1, 0.15) is 55.7 Å². The van der Waals surface area contributed by atoms with Crippen molar-refractivity contribution in [1.29, 1.82) is 0 Å². The van der Waals surface area contributed by atoms with Gasteiger partial charge < -0.3 is 9.64 Å². The molecule has 6 rings (SSSR count). The highest BCUT2D eigenvalue weighted by Gasteiger charge is 2.48. The van der Waals surface area contributed by atoms with Crippen LogP contribution in [0.2, 0.25) is 0 Å². The summed E-state index contributed by atoms with van der Waals surface area (Å²) < 4.78 is 7.43. The second-order valence-corrected chi connectivity index (χ2v) is 11.6. The van der Waals surface area contributed by atoms with Crippen LogP contribution in [-0.4, -0.2) is 53.7 Å². The van der Waals surface area contributed by atoms with Crippen LogP contribution in [0.3, 0.4) is 0 Å². The molecular formula is C25H28N6O2S. The fourth-order valence-corrected chi connectivity index (χ4v) is 6.55. The van der Waals surface area contributed by atoms with Gasteiger partial charge in [-0.15, -0.1) is 11.3 Å². The summed E-state index contributed by atoms with van der Waals surface area (Å²) >= 11 is 1.72. The van der Waals surface area contributed by atoms with Crippen LogP contribution >= 0.6 is 11.3 Å². The lowest BCUT2D eigenvalue weighted by Gasteiger charge is -2.32. The quantitative estimate of drug-likeness (QED) is 0.399. The number of aryl methyl sites for hydroxylation is 2. The Morgan fingerprint density at radius 1 is 1.15 bits per heavy atom. The number of rotatable bonds is 2. The molecule has 0 spiro atoms. The van der Waals surface area contributed by atoms with Crippen LogP contribution in [0.25, 0.3) is 27.4 Å². The van der Waals surface area contributed by atoms with Crippen LogP contribution in [-0.2, 0) is 4.74 Å². The normalized spacial score (nSPS) is 22.3. The summed E-state index contributed by atoms with van der Waals surface area (Å²) in [6.07, 6.45) is 5.56. The molecule has 2 aliphatic rings. The third kappa shape index (κ3) is 3.62. The first-order valence-corrected chi connectivity index (χ1v) is 12.6. The molecule has 2 fully saturated rings. The van der Waals surface area contributed by atoms with Crippen LogP contribution < -0.4 is 0 Å². The Labute approximate surface area is 202 Å². The Bertz CT molecular complexity index is 1430. The fourth-order valence-electron chi connectivity index (χ4n) is 5.35. The maximum atomic E-state index is 12.6. The molecule has 1 aliphatic heterocycles. The topological polar surface area (TPSA) is 85.5 Å². The van der Waals surface area contributed by atoms with Gasteiger partial charge in [-0.3, -0.25) is 4.98 Å². The van der Waals surface area contributed by atoms with Gasteiger partial charge in [0.2, 0.25) is 0 Å². The van der Waals surface area contributed by atoms with Gasteiger partial charge in [-0.05, 0) is 77.0 Å². The van der Waals surface area contributed by atoms with Crippen LogP contribution in [0, 0.1) is 19.8 Å². The van der Waals surface area contributed by atoms with Crippen molar-refractivity contribution in [2.24, 2.45) is 5.92 Å². The summed E-state index contributed by atoms with van der Waals surface area (Å²) in [6.45, 7) is 10.5. The highest BCUT2D eigenvalue weighted by atomic mass is 32.1. The van der Waals surface area contributed by atoms with E-state index >= 15 is 0 Å². The average molecular weight is 477 g/mol. The van der Waals surface area contributed by atoms with Crippen molar-refractivity contribution in [2.45, 2.75) is 65.0 Å². The van der Waals surface area contributed by atoms with Gasteiger partial charge in [-0.1, -0.05) is 0 Å². The number of likely N-dealkylation sites (tertiary alicyclic amines) is 1. The molecule has 1 amide bonds. The zero-order chi connectivity index (χ0) is 23.8. The standard InChI is InChI=1S/C25H28N6O2S/c1-13-6-18(29-31-11-14(2)27-22(13)31)20-10-26-19-9-21(34-23(19)28-20)17-8-16-7-15(17)12-30(16)24(32)33-25(3,4)5/h6,9-11,15-17H,7-8,12H2,1-5H3/t15-,16-,17-/m1/s1. The lowest BCUT2D eigenvalue weighted by atomic mass is 9.93. The van der Waals surface area contributed by atoms with E-state index in [9.17, 15) is 4.79 Å². The zero-order valence-electron chi connectivity index (χ0n) is 20.1. The molecule has 2 bridgehead atoms. The van der Waals surface area contributed by atoms with Crippen LogP contribution in [0.15, 0.2) is 24.5 Å². The monoisotopic (exact) mass is 476 g/mol. The maximum Gasteiger partial charge on any atom is 0.410 e. The minimum absolute atomic E-state index is 0.185. The molecule has 5 heterocycles. The lowest BCUT2D eigenvalue weighted by molar-refractivity contribution is 0.0181. The molecule has 9 heteroatoms. The molecule has 4 aromatic heterocycles. The molecule has 4 aromatic rings. The average Bonchev–Trinajstić information content (AvgIpc) is 3.52. The van der Waals surface area contributed by atoms with E-state index in [-0.39, 0.29) is 12.1 Å². The summed E-state index contributed by atoms with van der Waals surface area (Å²) in [4.78, 5) is 30.9. The van der Waals surface area contributed by atoms with Gasteiger partial charge in [-0.25, -0.2) is 19.3 Å². The van der Waals surface area contributed by atoms with E-state index in [1.54, 1.807) is 17.5 Å². The molecule has 0 aromatic carbocycles. The smallest absolute Gasteiger partial charge is 0.410 e. The number of imidazole rings is 1. The second kappa shape index (κ2) is 7.46. The van der Waals surface area contributed by atoms with Gasteiger partial charge in [0.15, 0.2) is 5.65 Å². The molecule has 8 nitrogen and oxygen atoms in total. The first kappa shape index (κ1) is 21.5. The number of hydrogen-bond acceptors (Lipinski definition) is 7. The van der Waals surface area contributed by atoms with E-state index in [1.165, 1.54) is 4.88 Å². The first-order valence-electron chi connectivity index (χ1n) is 11.7. The van der Waals surface area contributed by atoms with Gasteiger partial charge in [0.05, 0.1) is 18.1 Å². The first-order chi connectivity index (χ1) is 16.1. The van der Waals surface area contributed by atoms with Gasteiger partial charge in [0, 0.05) is 17.5 Å². The number of piperidine rings is 1. The minimum Gasteiger partial charge on any atom is -0.444 e. The van der Waals surface area contributed by atoms with Crippen molar-refractivity contribution in [2.75, 3.05) is 6.54 Å². The Morgan fingerprint density at radius 3 is 2.71 bits per heavy atom. The van der Waals surface area contributed by atoms with E-state index in [2.05, 4.69) is 11.1 Å². The summed E-state index contributed by atoms with van der Waals surface area (Å²) in [7, 11) is 0. The molecule has 0 unspecified atom stereocenters. The number of nitrogens with zero attached hydrogens (tertiary/aromatic N) is 6. The Balaban J connectivity index is 1.25. The van der Waals surface area contributed by atoms with Crippen molar-refractivity contribution in [3.05, 3.63) is 40.7 Å². The summed E-state index contributed by atoms with van der Waals surface area (Å²) in [5.74, 6) is 0.903. The number of amides is 1. The zero-order valence-corrected chi connectivity index (χ0v) is 20.9. The SMILES string of the molecule is Cc1cn2nc(-c3cnc4cc([C@@H]5C[C@H]6C[C@@H]5CN6C(=O)OC(C)(C)C)sc4n3)cc(C)c2n1. The summed E-state index contributed by atoms with van der Waals surface area (Å²) in [5.41, 5.74) is 4.88. The third-order valence-corrected chi connectivity index (χ3v) is 7.94. The molecule has 34 heavy (non-hydrogen) atoms. The minimum atomic E-state index is -0.465. The Kier molecular flexibility index (Phi) is 4.71. The number of carbonyl (C=O) groups excluding carboxylic acids is 1. The van der Waals surface area contributed by atoms with Crippen molar-refractivity contribution >= 4 is 33.4 Å². The molecule has 0 N–H and O–H groups in total. The highest BCUT2D eigenvalue weighted by molar-refractivity contribution is 7.18. The van der Waals surface area contributed by atoms with Crippen molar-refractivity contribution in [3.8, 4) is 11.4 Å². The van der Waals surface area contributed by atoms with Gasteiger partial charge in [-0.2, -0.15) is 5.10 Å². The predicted molar refractivity (Wildman–Crippen MR) is 131 cm³/mol. The molecule has 1 aliphatic carbocycles. The third-order valence-electron chi connectivity index (χ3n) is 6.79. The Morgan fingerprint density at radius 2 is 1.97 bits per heavy atom. The van der Waals surface area contributed by atoms with E-state index in [1.807, 2.05) is 56.3 Å².